The van der Waals surface area contributed by atoms with Gasteiger partial charge in [-0.3, -0.25) is 9.88 Å². The molecule has 0 aliphatic carbocycles. The zero-order chi connectivity index (χ0) is 22.9. The van der Waals surface area contributed by atoms with Crippen LogP contribution in [0.15, 0.2) is 67.4 Å². The van der Waals surface area contributed by atoms with E-state index in [2.05, 4.69) is 22.5 Å². The lowest BCUT2D eigenvalue weighted by molar-refractivity contribution is -0.0568. The number of nitrogens with zero attached hydrogens (tertiary/aromatic N) is 2. The van der Waals surface area contributed by atoms with Crippen molar-refractivity contribution in [3.8, 4) is 5.75 Å². The standard InChI is InChI=1S/C27H27ClN2O3/c1-3-17-16-30-13-11-19(17)14-25(30)26(33-27(31)18-4-6-20(28)7-5-18)22-10-12-29-24-9-8-21(32-2)15-23(22)24/h3-10,12,15,17,19,25-26H,1,11,13-14,16H2,2H3/t17-,19+,25+,26-/m1/s1. The number of carbonyl (C=O) groups is 1. The molecule has 0 amide bonds. The number of rotatable bonds is 6. The Morgan fingerprint density at radius 2 is 2.06 bits per heavy atom. The lowest BCUT2D eigenvalue weighted by Crippen LogP contribution is -2.55. The van der Waals surface area contributed by atoms with Gasteiger partial charge in [0.25, 0.3) is 0 Å². The third kappa shape index (κ3) is 4.23. The molecule has 0 radical (unpaired) electrons. The topological polar surface area (TPSA) is 51.7 Å². The first-order valence-corrected chi connectivity index (χ1v) is 11.7. The van der Waals surface area contributed by atoms with Crippen LogP contribution in [0, 0.1) is 11.8 Å². The molecule has 3 saturated heterocycles. The highest BCUT2D eigenvalue weighted by molar-refractivity contribution is 6.30. The van der Waals surface area contributed by atoms with Crippen molar-refractivity contribution in [1.82, 2.24) is 9.88 Å². The van der Waals surface area contributed by atoms with Gasteiger partial charge in [-0.15, -0.1) is 6.58 Å². The number of aromatic nitrogens is 1. The number of hydrogen-bond donors (Lipinski definition) is 0. The Labute approximate surface area is 199 Å². The molecule has 33 heavy (non-hydrogen) atoms. The summed E-state index contributed by atoms with van der Waals surface area (Å²) in [7, 11) is 1.65. The molecule has 2 bridgehead atoms. The van der Waals surface area contributed by atoms with E-state index in [1.54, 1.807) is 37.6 Å². The second-order valence-corrected chi connectivity index (χ2v) is 9.30. The molecule has 170 valence electrons. The van der Waals surface area contributed by atoms with Gasteiger partial charge >= 0.3 is 5.97 Å². The molecule has 4 heterocycles. The summed E-state index contributed by atoms with van der Waals surface area (Å²) in [5.41, 5.74) is 2.29. The second-order valence-electron chi connectivity index (χ2n) is 8.86. The van der Waals surface area contributed by atoms with E-state index in [4.69, 9.17) is 21.1 Å². The molecule has 1 unspecified atom stereocenters. The monoisotopic (exact) mass is 462 g/mol. The van der Waals surface area contributed by atoms with Crippen molar-refractivity contribution < 1.29 is 14.3 Å². The molecule has 3 aliphatic heterocycles. The number of piperidine rings is 3. The predicted molar refractivity (Wildman–Crippen MR) is 130 cm³/mol. The van der Waals surface area contributed by atoms with Crippen LogP contribution in [0.1, 0.15) is 34.9 Å². The van der Waals surface area contributed by atoms with Crippen LogP contribution in [0.2, 0.25) is 5.02 Å². The first-order chi connectivity index (χ1) is 16.1. The Balaban J connectivity index is 1.56. The molecular weight excluding hydrogens is 436 g/mol. The minimum atomic E-state index is -0.431. The molecule has 3 aliphatic rings. The lowest BCUT2D eigenvalue weighted by atomic mass is 9.73. The maximum Gasteiger partial charge on any atom is 0.338 e. The third-order valence-corrected chi connectivity index (χ3v) is 7.36. The fraction of sp³-hybridized carbons (Fsp3) is 0.333. The quantitative estimate of drug-likeness (QED) is 0.348. The molecule has 6 heteroatoms. The summed E-state index contributed by atoms with van der Waals surface area (Å²) in [4.78, 5) is 20.2. The van der Waals surface area contributed by atoms with Crippen molar-refractivity contribution in [2.24, 2.45) is 11.8 Å². The molecule has 6 rings (SSSR count). The minimum Gasteiger partial charge on any atom is -0.497 e. The smallest absolute Gasteiger partial charge is 0.338 e. The minimum absolute atomic E-state index is 0.0907. The lowest BCUT2D eigenvalue weighted by Gasteiger charge is -2.51. The average Bonchev–Trinajstić information content (AvgIpc) is 2.87. The van der Waals surface area contributed by atoms with Crippen LogP contribution in [0.4, 0.5) is 0 Å². The van der Waals surface area contributed by atoms with Gasteiger partial charge in [0.1, 0.15) is 11.9 Å². The Kier molecular flexibility index (Phi) is 6.09. The van der Waals surface area contributed by atoms with Crippen LogP contribution in [0.25, 0.3) is 10.9 Å². The van der Waals surface area contributed by atoms with E-state index in [-0.39, 0.29) is 12.0 Å². The first kappa shape index (κ1) is 21.9. The summed E-state index contributed by atoms with van der Waals surface area (Å²) in [5, 5.41) is 1.52. The highest BCUT2D eigenvalue weighted by Crippen LogP contribution is 2.44. The largest absolute Gasteiger partial charge is 0.497 e. The molecule has 1 aromatic heterocycles. The number of pyridine rings is 1. The van der Waals surface area contributed by atoms with E-state index < -0.39 is 6.10 Å². The number of methoxy groups -OCH3 is 1. The molecule has 5 atom stereocenters. The summed E-state index contributed by atoms with van der Waals surface area (Å²) < 4.78 is 11.8. The number of carbonyl (C=O) groups excluding carboxylic acids is 1. The summed E-state index contributed by atoms with van der Waals surface area (Å²) in [6.45, 7) is 5.99. The maximum absolute atomic E-state index is 13.2. The summed E-state index contributed by atoms with van der Waals surface area (Å²) in [6, 6.07) is 14.7. The van der Waals surface area contributed by atoms with Gasteiger partial charge in [0.05, 0.1) is 24.2 Å². The fourth-order valence-electron chi connectivity index (χ4n) is 5.33. The van der Waals surface area contributed by atoms with E-state index in [0.717, 1.165) is 48.1 Å². The highest BCUT2D eigenvalue weighted by atomic mass is 35.5. The first-order valence-electron chi connectivity index (χ1n) is 11.3. The number of benzene rings is 2. The van der Waals surface area contributed by atoms with Crippen LogP contribution in [-0.2, 0) is 4.74 Å². The summed E-state index contributed by atoms with van der Waals surface area (Å²) in [5.74, 6) is 1.43. The Bertz CT molecular complexity index is 1180. The van der Waals surface area contributed by atoms with Crippen LogP contribution >= 0.6 is 11.6 Å². The molecule has 0 spiro atoms. The van der Waals surface area contributed by atoms with Crippen molar-refractivity contribution in [2.45, 2.75) is 25.0 Å². The van der Waals surface area contributed by atoms with Crippen molar-refractivity contribution in [1.29, 1.82) is 0 Å². The van der Waals surface area contributed by atoms with Crippen LogP contribution < -0.4 is 4.74 Å². The van der Waals surface area contributed by atoms with E-state index in [9.17, 15) is 4.79 Å². The van der Waals surface area contributed by atoms with E-state index >= 15 is 0 Å². The van der Waals surface area contributed by atoms with Crippen molar-refractivity contribution in [3.63, 3.8) is 0 Å². The van der Waals surface area contributed by atoms with E-state index in [1.165, 1.54) is 0 Å². The van der Waals surface area contributed by atoms with Crippen LogP contribution in [-0.4, -0.2) is 42.1 Å². The molecule has 0 N–H and O–H groups in total. The molecule has 2 aromatic carbocycles. The van der Waals surface area contributed by atoms with E-state index in [1.807, 2.05) is 24.3 Å². The zero-order valence-corrected chi connectivity index (χ0v) is 19.4. The van der Waals surface area contributed by atoms with Gasteiger partial charge < -0.3 is 9.47 Å². The second kappa shape index (κ2) is 9.16. The summed E-state index contributed by atoms with van der Waals surface area (Å²) >= 11 is 6.02. The highest BCUT2D eigenvalue weighted by Gasteiger charge is 2.44. The fourth-order valence-corrected chi connectivity index (χ4v) is 5.46. The molecular formula is C27H27ClN2O3. The SMILES string of the molecule is C=C[C@@H]1CN2CC[C@H]1C[C@H]2[C@H](OC(=O)c1ccc(Cl)cc1)c1ccnc2ccc(OC)cc12. The number of ether oxygens (including phenoxy) is 2. The molecule has 3 fully saturated rings. The van der Waals surface area contributed by atoms with Crippen LogP contribution in [0.3, 0.4) is 0 Å². The van der Waals surface area contributed by atoms with E-state index in [0.29, 0.717) is 22.4 Å². The van der Waals surface area contributed by atoms with Gasteiger partial charge in [-0.05, 0) is 79.8 Å². The number of esters is 1. The summed E-state index contributed by atoms with van der Waals surface area (Å²) in [6.07, 6.45) is 5.54. The van der Waals surface area contributed by atoms with Gasteiger partial charge in [-0.2, -0.15) is 0 Å². The number of fused-ring (bicyclic) bond motifs is 4. The maximum atomic E-state index is 13.2. The van der Waals surface area contributed by atoms with Gasteiger partial charge in [0, 0.05) is 28.7 Å². The normalized spacial score (nSPS) is 24.9. The van der Waals surface area contributed by atoms with Gasteiger partial charge in [0.15, 0.2) is 0 Å². The predicted octanol–water partition coefficient (Wildman–Crippen LogP) is 5.69. The average molecular weight is 463 g/mol. The zero-order valence-electron chi connectivity index (χ0n) is 18.6. The number of halogens is 1. The van der Waals surface area contributed by atoms with Gasteiger partial charge in [-0.1, -0.05) is 17.7 Å². The van der Waals surface area contributed by atoms with Gasteiger partial charge in [-0.25, -0.2) is 4.79 Å². The molecule has 3 aromatic rings. The molecule has 5 nitrogen and oxygen atoms in total. The van der Waals surface area contributed by atoms with Crippen LogP contribution in [0.5, 0.6) is 5.75 Å². The van der Waals surface area contributed by atoms with Crippen molar-refractivity contribution >= 4 is 28.5 Å². The Morgan fingerprint density at radius 1 is 1.24 bits per heavy atom. The third-order valence-electron chi connectivity index (χ3n) is 7.11. The van der Waals surface area contributed by atoms with Crippen molar-refractivity contribution in [3.05, 3.63) is 83.5 Å². The molecule has 0 saturated carbocycles. The van der Waals surface area contributed by atoms with Crippen molar-refractivity contribution in [2.75, 3.05) is 20.2 Å². The van der Waals surface area contributed by atoms with Gasteiger partial charge in [0.2, 0.25) is 0 Å². The Morgan fingerprint density at radius 3 is 2.76 bits per heavy atom. The Hall–Kier alpha value is -2.89. The number of hydrogen-bond acceptors (Lipinski definition) is 5.